The predicted molar refractivity (Wildman–Crippen MR) is 78.7 cm³/mol. The Hall–Kier alpha value is -1.20. The Bertz CT molecular complexity index is 428. The van der Waals surface area contributed by atoms with Crippen molar-refractivity contribution >= 4 is 5.82 Å². The van der Waals surface area contributed by atoms with Crippen LogP contribution >= 0.6 is 0 Å². The lowest BCUT2D eigenvalue weighted by molar-refractivity contribution is 0.139. The Morgan fingerprint density at radius 2 is 2.05 bits per heavy atom. The third-order valence-electron chi connectivity index (χ3n) is 4.16. The van der Waals surface area contributed by atoms with Gasteiger partial charge in [-0.05, 0) is 31.6 Å². The lowest BCUT2D eigenvalue weighted by Gasteiger charge is -2.32. The fourth-order valence-corrected chi connectivity index (χ4v) is 2.73. The van der Waals surface area contributed by atoms with Gasteiger partial charge in [0.2, 0.25) is 0 Å². The summed E-state index contributed by atoms with van der Waals surface area (Å²) in [6.45, 7) is 3.83. The van der Waals surface area contributed by atoms with E-state index >= 15 is 0 Å². The number of aromatic nitrogens is 2. The summed E-state index contributed by atoms with van der Waals surface area (Å²) in [5.74, 6) is 1.72. The van der Waals surface area contributed by atoms with Gasteiger partial charge in [-0.3, -0.25) is 4.98 Å². The summed E-state index contributed by atoms with van der Waals surface area (Å²) in [7, 11) is 1.79. The number of nitrogens with zero attached hydrogens (tertiary/aromatic N) is 3. The molecule has 5 heteroatoms. The molecule has 2 aliphatic rings. The molecule has 0 atom stereocenters. The van der Waals surface area contributed by atoms with Crippen LogP contribution in [0.1, 0.15) is 31.4 Å². The molecule has 0 spiro atoms. The van der Waals surface area contributed by atoms with E-state index in [9.17, 15) is 0 Å². The highest BCUT2D eigenvalue weighted by atomic mass is 16.5. The molecule has 1 aromatic rings. The maximum Gasteiger partial charge on any atom is 0.147 e. The van der Waals surface area contributed by atoms with Gasteiger partial charge in [0.05, 0.1) is 11.9 Å². The number of anilines is 1. The fourth-order valence-electron chi connectivity index (χ4n) is 2.73. The van der Waals surface area contributed by atoms with Gasteiger partial charge in [0.25, 0.3) is 0 Å². The maximum atomic E-state index is 5.25. The van der Waals surface area contributed by atoms with Crippen LogP contribution in [0, 0.1) is 5.92 Å². The molecule has 20 heavy (non-hydrogen) atoms. The summed E-state index contributed by atoms with van der Waals surface area (Å²) < 4.78 is 5.25. The number of hydrogen-bond donors (Lipinski definition) is 1. The SMILES string of the molecule is COCC1CCN(c2cncc(CNC3CC3)n2)CC1. The summed E-state index contributed by atoms with van der Waals surface area (Å²) in [5.41, 5.74) is 1.05. The predicted octanol–water partition coefficient (Wildman–Crippen LogP) is 1.59. The van der Waals surface area contributed by atoms with E-state index in [1.807, 2.05) is 12.4 Å². The average Bonchev–Trinajstić information content (AvgIpc) is 3.31. The molecule has 1 N–H and O–H groups in total. The quantitative estimate of drug-likeness (QED) is 0.855. The van der Waals surface area contributed by atoms with Crippen molar-refractivity contribution < 1.29 is 4.74 Å². The van der Waals surface area contributed by atoms with Crippen LogP contribution in [0.4, 0.5) is 5.82 Å². The first-order chi connectivity index (χ1) is 9.85. The zero-order valence-corrected chi connectivity index (χ0v) is 12.2. The molecule has 5 nitrogen and oxygen atoms in total. The van der Waals surface area contributed by atoms with Crippen LogP contribution in [-0.4, -0.2) is 42.8 Å². The van der Waals surface area contributed by atoms with Crippen molar-refractivity contribution in [3.8, 4) is 0 Å². The van der Waals surface area contributed by atoms with Crippen molar-refractivity contribution in [3.63, 3.8) is 0 Å². The summed E-state index contributed by atoms with van der Waals surface area (Å²) >= 11 is 0. The van der Waals surface area contributed by atoms with E-state index in [0.29, 0.717) is 12.0 Å². The second kappa shape index (κ2) is 6.50. The molecular weight excluding hydrogens is 252 g/mol. The molecule has 3 rings (SSSR count). The minimum absolute atomic E-state index is 0.698. The summed E-state index contributed by atoms with van der Waals surface area (Å²) in [6, 6.07) is 0.713. The third-order valence-corrected chi connectivity index (χ3v) is 4.16. The minimum Gasteiger partial charge on any atom is -0.384 e. The number of piperidine rings is 1. The molecule has 2 heterocycles. The molecule has 110 valence electrons. The lowest BCUT2D eigenvalue weighted by Crippen LogP contribution is -2.35. The molecule has 1 aromatic heterocycles. The minimum atomic E-state index is 0.698. The van der Waals surface area contributed by atoms with Crippen molar-refractivity contribution in [1.82, 2.24) is 15.3 Å². The Balaban J connectivity index is 1.55. The van der Waals surface area contributed by atoms with Gasteiger partial charge >= 0.3 is 0 Å². The van der Waals surface area contributed by atoms with Gasteiger partial charge < -0.3 is 15.0 Å². The van der Waals surface area contributed by atoms with Gasteiger partial charge in [-0.1, -0.05) is 0 Å². The normalized spacial score (nSPS) is 20.4. The standard InChI is InChI=1S/C15H24N4O/c1-20-11-12-4-6-19(7-5-12)15-10-16-8-14(18-15)9-17-13-2-3-13/h8,10,12-13,17H,2-7,9,11H2,1H3. The largest absolute Gasteiger partial charge is 0.384 e. The fraction of sp³-hybridized carbons (Fsp3) is 0.733. The van der Waals surface area contributed by atoms with Crippen molar-refractivity contribution in [2.75, 3.05) is 31.7 Å². The van der Waals surface area contributed by atoms with Gasteiger partial charge in [-0.25, -0.2) is 4.98 Å². The lowest BCUT2D eigenvalue weighted by atomic mass is 9.98. The first kappa shape index (κ1) is 13.8. The zero-order valence-electron chi connectivity index (χ0n) is 12.2. The Morgan fingerprint density at radius 3 is 2.75 bits per heavy atom. The van der Waals surface area contributed by atoms with E-state index < -0.39 is 0 Å². The van der Waals surface area contributed by atoms with E-state index in [4.69, 9.17) is 9.72 Å². The number of hydrogen-bond acceptors (Lipinski definition) is 5. The Labute approximate surface area is 120 Å². The van der Waals surface area contributed by atoms with Gasteiger partial charge in [-0.15, -0.1) is 0 Å². The monoisotopic (exact) mass is 276 g/mol. The molecule has 1 saturated heterocycles. The van der Waals surface area contributed by atoms with E-state index in [0.717, 1.165) is 37.8 Å². The van der Waals surface area contributed by atoms with Crippen molar-refractivity contribution in [3.05, 3.63) is 18.1 Å². The second-order valence-corrected chi connectivity index (χ2v) is 5.91. The molecule has 0 bridgehead atoms. The van der Waals surface area contributed by atoms with Crippen molar-refractivity contribution in [2.45, 2.75) is 38.3 Å². The summed E-state index contributed by atoms with van der Waals surface area (Å²) in [6.07, 6.45) is 8.73. The van der Waals surface area contributed by atoms with E-state index in [1.54, 1.807) is 7.11 Å². The first-order valence-electron chi connectivity index (χ1n) is 7.63. The topological polar surface area (TPSA) is 50.3 Å². The van der Waals surface area contributed by atoms with Crippen LogP contribution in [0.15, 0.2) is 12.4 Å². The van der Waals surface area contributed by atoms with Gasteiger partial charge in [0, 0.05) is 45.6 Å². The molecule has 0 radical (unpaired) electrons. The van der Waals surface area contributed by atoms with Crippen LogP contribution in [0.2, 0.25) is 0 Å². The average molecular weight is 276 g/mol. The number of methoxy groups -OCH3 is 1. The van der Waals surface area contributed by atoms with E-state index in [-0.39, 0.29) is 0 Å². The molecule has 2 fully saturated rings. The highest BCUT2D eigenvalue weighted by molar-refractivity contribution is 5.36. The maximum absolute atomic E-state index is 5.25. The van der Waals surface area contributed by atoms with Gasteiger partial charge in [0.1, 0.15) is 5.82 Å². The highest BCUT2D eigenvalue weighted by Crippen LogP contribution is 2.22. The highest BCUT2D eigenvalue weighted by Gasteiger charge is 2.22. The second-order valence-electron chi connectivity index (χ2n) is 5.91. The third kappa shape index (κ3) is 3.67. The van der Waals surface area contributed by atoms with Gasteiger partial charge in [0.15, 0.2) is 0 Å². The summed E-state index contributed by atoms with van der Waals surface area (Å²) in [5, 5.41) is 3.49. The number of nitrogens with one attached hydrogen (secondary N) is 1. The number of rotatable bonds is 6. The molecule has 1 saturated carbocycles. The Morgan fingerprint density at radius 1 is 1.25 bits per heavy atom. The zero-order chi connectivity index (χ0) is 13.8. The van der Waals surface area contributed by atoms with E-state index in [1.165, 1.54) is 25.7 Å². The van der Waals surface area contributed by atoms with Gasteiger partial charge in [-0.2, -0.15) is 0 Å². The van der Waals surface area contributed by atoms with Crippen LogP contribution in [0.3, 0.4) is 0 Å². The Kier molecular flexibility index (Phi) is 4.47. The number of ether oxygens (including phenoxy) is 1. The molecule has 0 amide bonds. The molecule has 1 aliphatic heterocycles. The first-order valence-corrected chi connectivity index (χ1v) is 7.63. The van der Waals surface area contributed by atoms with Crippen molar-refractivity contribution in [2.24, 2.45) is 5.92 Å². The molecule has 1 aliphatic carbocycles. The summed E-state index contributed by atoms with van der Waals surface area (Å²) in [4.78, 5) is 11.4. The van der Waals surface area contributed by atoms with Crippen LogP contribution in [0.25, 0.3) is 0 Å². The smallest absolute Gasteiger partial charge is 0.147 e. The van der Waals surface area contributed by atoms with Crippen LogP contribution in [-0.2, 0) is 11.3 Å². The van der Waals surface area contributed by atoms with E-state index in [2.05, 4.69) is 15.2 Å². The molecule has 0 aromatic carbocycles. The van der Waals surface area contributed by atoms with Crippen LogP contribution in [0.5, 0.6) is 0 Å². The van der Waals surface area contributed by atoms with Crippen molar-refractivity contribution in [1.29, 1.82) is 0 Å². The molecule has 0 unspecified atom stereocenters. The molecular formula is C15H24N4O. The van der Waals surface area contributed by atoms with Crippen LogP contribution < -0.4 is 10.2 Å².